The molecule has 0 spiro atoms. The van der Waals surface area contributed by atoms with Crippen molar-refractivity contribution in [3.05, 3.63) is 35.6 Å². The zero-order valence-corrected chi connectivity index (χ0v) is 9.50. The highest BCUT2D eigenvalue weighted by atomic mass is 19.1. The van der Waals surface area contributed by atoms with E-state index in [1.165, 1.54) is 6.07 Å². The molecule has 0 aromatic heterocycles. The van der Waals surface area contributed by atoms with Gasteiger partial charge in [0.1, 0.15) is 5.82 Å². The standard InChI is InChI=1S/C12H16FNO2/c1-3-16-12(15)14-8-9(2)10-6-4-5-7-11(10)13/h4-7,9H,3,8H2,1-2H3,(H,14,15). The quantitative estimate of drug-likeness (QED) is 0.855. The normalized spacial score (nSPS) is 11.9. The number of halogens is 1. The average Bonchev–Trinajstić information content (AvgIpc) is 2.27. The molecule has 0 aliphatic rings. The van der Waals surface area contributed by atoms with Gasteiger partial charge in [-0.1, -0.05) is 25.1 Å². The van der Waals surface area contributed by atoms with E-state index in [1.807, 2.05) is 6.92 Å². The summed E-state index contributed by atoms with van der Waals surface area (Å²) in [7, 11) is 0. The van der Waals surface area contributed by atoms with Crippen LogP contribution in [-0.2, 0) is 4.74 Å². The summed E-state index contributed by atoms with van der Waals surface area (Å²) >= 11 is 0. The summed E-state index contributed by atoms with van der Waals surface area (Å²) in [6.07, 6.45) is -0.467. The molecule has 1 rings (SSSR count). The molecule has 0 bridgehead atoms. The number of alkyl carbamates (subject to hydrolysis) is 1. The fourth-order valence-corrected chi connectivity index (χ4v) is 1.40. The monoisotopic (exact) mass is 225 g/mol. The molecule has 88 valence electrons. The van der Waals surface area contributed by atoms with E-state index in [0.29, 0.717) is 18.7 Å². The molecule has 0 heterocycles. The van der Waals surface area contributed by atoms with E-state index in [9.17, 15) is 9.18 Å². The number of carbonyl (C=O) groups is 1. The fraction of sp³-hybridized carbons (Fsp3) is 0.417. The minimum Gasteiger partial charge on any atom is -0.450 e. The lowest BCUT2D eigenvalue weighted by atomic mass is 10.0. The Morgan fingerprint density at radius 3 is 2.81 bits per heavy atom. The van der Waals surface area contributed by atoms with E-state index in [1.54, 1.807) is 25.1 Å². The van der Waals surface area contributed by atoms with Crippen LogP contribution in [-0.4, -0.2) is 19.2 Å². The van der Waals surface area contributed by atoms with Crippen LogP contribution in [0.3, 0.4) is 0 Å². The molecule has 16 heavy (non-hydrogen) atoms. The molecule has 0 saturated heterocycles. The van der Waals surface area contributed by atoms with Crippen LogP contribution in [0.2, 0.25) is 0 Å². The summed E-state index contributed by atoms with van der Waals surface area (Å²) in [5.41, 5.74) is 0.597. The molecular formula is C12H16FNO2. The van der Waals surface area contributed by atoms with E-state index in [0.717, 1.165) is 0 Å². The van der Waals surface area contributed by atoms with Gasteiger partial charge >= 0.3 is 6.09 Å². The third kappa shape index (κ3) is 3.53. The van der Waals surface area contributed by atoms with Gasteiger partial charge in [0, 0.05) is 12.5 Å². The van der Waals surface area contributed by atoms with Crippen molar-refractivity contribution < 1.29 is 13.9 Å². The SMILES string of the molecule is CCOC(=O)NCC(C)c1ccccc1F. The van der Waals surface area contributed by atoms with Crippen LogP contribution < -0.4 is 5.32 Å². The van der Waals surface area contributed by atoms with Crippen LogP contribution in [0.15, 0.2) is 24.3 Å². The van der Waals surface area contributed by atoms with Crippen molar-refractivity contribution in [2.45, 2.75) is 19.8 Å². The lowest BCUT2D eigenvalue weighted by Crippen LogP contribution is -2.28. The van der Waals surface area contributed by atoms with Gasteiger partial charge in [0.25, 0.3) is 0 Å². The summed E-state index contributed by atoms with van der Waals surface area (Å²) in [6, 6.07) is 6.55. The number of carbonyl (C=O) groups excluding carboxylic acids is 1. The summed E-state index contributed by atoms with van der Waals surface area (Å²) in [5.74, 6) is -0.328. The van der Waals surface area contributed by atoms with Crippen molar-refractivity contribution in [3.63, 3.8) is 0 Å². The van der Waals surface area contributed by atoms with Gasteiger partial charge in [-0.2, -0.15) is 0 Å². The predicted octanol–water partition coefficient (Wildman–Crippen LogP) is 2.68. The van der Waals surface area contributed by atoms with Crippen molar-refractivity contribution in [2.75, 3.05) is 13.2 Å². The molecule has 4 heteroatoms. The Balaban J connectivity index is 2.50. The highest BCUT2D eigenvalue weighted by Gasteiger charge is 2.11. The largest absolute Gasteiger partial charge is 0.450 e. The number of rotatable bonds is 4. The van der Waals surface area contributed by atoms with Gasteiger partial charge in [-0.15, -0.1) is 0 Å². The van der Waals surface area contributed by atoms with Crippen LogP contribution in [0.25, 0.3) is 0 Å². The molecule has 1 unspecified atom stereocenters. The maximum absolute atomic E-state index is 13.4. The van der Waals surface area contributed by atoms with Crippen molar-refractivity contribution in [1.82, 2.24) is 5.32 Å². The van der Waals surface area contributed by atoms with E-state index < -0.39 is 6.09 Å². The fourth-order valence-electron chi connectivity index (χ4n) is 1.40. The second-order valence-corrected chi connectivity index (χ2v) is 3.52. The van der Waals surface area contributed by atoms with Crippen molar-refractivity contribution in [1.29, 1.82) is 0 Å². The number of benzene rings is 1. The van der Waals surface area contributed by atoms with Gasteiger partial charge in [-0.05, 0) is 18.6 Å². The van der Waals surface area contributed by atoms with E-state index in [-0.39, 0.29) is 11.7 Å². The average molecular weight is 225 g/mol. The third-order valence-corrected chi connectivity index (χ3v) is 2.26. The summed E-state index contributed by atoms with van der Waals surface area (Å²) in [5, 5.41) is 2.58. The number of nitrogens with one attached hydrogen (secondary N) is 1. The van der Waals surface area contributed by atoms with Crippen LogP contribution in [0, 0.1) is 5.82 Å². The molecule has 1 aromatic rings. The maximum Gasteiger partial charge on any atom is 0.407 e. The van der Waals surface area contributed by atoms with E-state index in [2.05, 4.69) is 5.32 Å². The molecule has 0 aliphatic heterocycles. The van der Waals surface area contributed by atoms with Gasteiger partial charge < -0.3 is 10.1 Å². The van der Waals surface area contributed by atoms with Crippen LogP contribution in [0.5, 0.6) is 0 Å². The highest BCUT2D eigenvalue weighted by Crippen LogP contribution is 2.17. The zero-order chi connectivity index (χ0) is 12.0. The first kappa shape index (κ1) is 12.5. The predicted molar refractivity (Wildman–Crippen MR) is 59.8 cm³/mol. The molecule has 0 aliphatic carbocycles. The number of ether oxygens (including phenoxy) is 1. The van der Waals surface area contributed by atoms with Crippen molar-refractivity contribution >= 4 is 6.09 Å². The summed E-state index contributed by atoms with van der Waals surface area (Å²) in [4.78, 5) is 11.0. The van der Waals surface area contributed by atoms with Crippen LogP contribution in [0.1, 0.15) is 25.3 Å². The molecule has 0 radical (unpaired) electrons. The Labute approximate surface area is 94.6 Å². The topological polar surface area (TPSA) is 38.3 Å². The van der Waals surface area contributed by atoms with E-state index >= 15 is 0 Å². The molecule has 0 saturated carbocycles. The Kier molecular flexibility index (Phi) is 4.76. The smallest absolute Gasteiger partial charge is 0.407 e. The molecule has 0 fully saturated rings. The second kappa shape index (κ2) is 6.10. The summed E-state index contributed by atoms with van der Waals surface area (Å²) < 4.78 is 18.1. The minimum atomic E-state index is -0.467. The Morgan fingerprint density at radius 2 is 2.19 bits per heavy atom. The first-order valence-electron chi connectivity index (χ1n) is 5.30. The Hall–Kier alpha value is -1.58. The molecule has 3 nitrogen and oxygen atoms in total. The van der Waals surface area contributed by atoms with Gasteiger partial charge in [0.2, 0.25) is 0 Å². The number of hydrogen-bond donors (Lipinski definition) is 1. The first-order valence-corrected chi connectivity index (χ1v) is 5.30. The third-order valence-electron chi connectivity index (χ3n) is 2.26. The molecule has 1 aromatic carbocycles. The Morgan fingerprint density at radius 1 is 1.50 bits per heavy atom. The van der Waals surface area contributed by atoms with Gasteiger partial charge in [0.05, 0.1) is 6.61 Å². The number of amides is 1. The highest BCUT2D eigenvalue weighted by molar-refractivity contribution is 5.67. The minimum absolute atomic E-state index is 0.0781. The maximum atomic E-state index is 13.4. The van der Waals surface area contributed by atoms with Crippen molar-refractivity contribution in [3.8, 4) is 0 Å². The van der Waals surface area contributed by atoms with E-state index in [4.69, 9.17) is 4.74 Å². The Bertz CT molecular complexity index is 355. The first-order chi connectivity index (χ1) is 7.65. The molecular weight excluding hydrogens is 209 g/mol. The van der Waals surface area contributed by atoms with Gasteiger partial charge in [-0.3, -0.25) is 0 Å². The van der Waals surface area contributed by atoms with Crippen LogP contribution in [0.4, 0.5) is 9.18 Å². The second-order valence-electron chi connectivity index (χ2n) is 3.52. The summed E-state index contributed by atoms with van der Waals surface area (Å²) in [6.45, 7) is 4.28. The lowest BCUT2D eigenvalue weighted by molar-refractivity contribution is 0.151. The molecule has 1 atom stereocenters. The number of hydrogen-bond acceptors (Lipinski definition) is 2. The van der Waals surface area contributed by atoms with Gasteiger partial charge in [0.15, 0.2) is 0 Å². The van der Waals surface area contributed by atoms with Gasteiger partial charge in [-0.25, -0.2) is 9.18 Å². The van der Waals surface area contributed by atoms with Crippen LogP contribution >= 0.6 is 0 Å². The van der Waals surface area contributed by atoms with Crippen molar-refractivity contribution in [2.24, 2.45) is 0 Å². The molecule has 1 amide bonds. The zero-order valence-electron chi connectivity index (χ0n) is 9.50. The lowest BCUT2D eigenvalue weighted by Gasteiger charge is -2.13. The molecule has 1 N–H and O–H groups in total.